The Morgan fingerprint density at radius 2 is 2.25 bits per heavy atom. The van der Waals surface area contributed by atoms with Gasteiger partial charge in [-0.1, -0.05) is 11.6 Å². The molecule has 1 aliphatic rings. The van der Waals surface area contributed by atoms with Crippen molar-refractivity contribution in [1.82, 2.24) is 15.2 Å². The smallest absolute Gasteiger partial charge is 0.143 e. The van der Waals surface area contributed by atoms with Gasteiger partial charge in [0.2, 0.25) is 0 Å². The molecule has 2 heterocycles. The third kappa shape index (κ3) is 2.84. The topological polar surface area (TPSA) is 37.4 Å². The van der Waals surface area contributed by atoms with E-state index in [0.717, 1.165) is 44.2 Å². The van der Waals surface area contributed by atoms with E-state index in [1.54, 1.807) is 13.3 Å². The second kappa shape index (κ2) is 5.48. The maximum absolute atomic E-state index is 5.87. The van der Waals surface area contributed by atoms with E-state index in [4.69, 9.17) is 16.3 Å². The molecule has 2 rings (SSSR count). The highest BCUT2D eigenvalue weighted by molar-refractivity contribution is 6.30. The van der Waals surface area contributed by atoms with Crippen molar-refractivity contribution < 1.29 is 4.74 Å². The van der Waals surface area contributed by atoms with Crippen LogP contribution in [0.15, 0.2) is 12.3 Å². The van der Waals surface area contributed by atoms with Crippen molar-refractivity contribution in [2.75, 3.05) is 33.3 Å². The average molecular weight is 242 g/mol. The highest BCUT2D eigenvalue weighted by Crippen LogP contribution is 2.21. The summed E-state index contributed by atoms with van der Waals surface area (Å²) in [5, 5.41) is 3.94. The highest BCUT2D eigenvalue weighted by atomic mass is 35.5. The fourth-order valence-electron chi connectivity index (χ4n) is 1.83. The predicted molar refractivity (Wildman–Crippen MR) is 63.9 cm³/mol. The molecule has 0 radical (unpaired) electrons. The maximum atomic E-state index is 5.87. The first-order chi connectivity index (χ1) is 7.79. The molecule has 1 N–H and O–H groups in total. The molecule has 0 aliphatic carbocycles. The minimum atomic E-state index is 0.612. The molecule has 88 valence electrons. The normalized spacial score (nSPS) is 17.4. The van der Waals surface area contributed by atoms with Gasteiger partial charge in [0.05, 0.1) is 17.8 Å². The minimum Gasteiger partial charge on any atom is -0.495 e. The first-order valence-electron chi connectivity index (χ1n) is 5.41. The lowest BCUT2D eigenvalue weighted by molar-refractivity contribution is 0.227. The Balaban J connectivity index is 2.07. The molecule has 0 saturated carbocycles. The van der Waals surface area contributed by atoms with E-state index in [0.29, 0.717) is 5.02 Å². The Labute approximate surface area is 101 Å². The molecule has 1 fully saturated rings. The van der Waals surface area contributed by atoms with Crippen molar-refractivity contribution in [3.8, 4) is 5.75 Å². The van der Waals surface area contributed by atoms with E-state index in [2.05, 4.69) is 15.2 Å². The molecule has 4 nitrogen and oxygen atoms in total. The molecule has 1 aromatic rings. The van der Waals surface area contributed by atoms with Gasteiger partial charge in [0.25, 0.3) is 0 Å². The van der Waals surface area contributed by atoms with E-state index in [1.807, 2.05) is 6.07 Å². The largest absolute Gasteiger partial charge is 0.495 e. The number of hydrogen-bond acceptors (Lipinski definition) is 4. The number of piperazine rings is 1. The molecule has 5 heteroatoms. The van der Waals surface area contributed by atoms with Crippen molar-refractivity contribution in [2.45, 2.75) is 6.54 Å². The van der Waals surface area contributed by atoms with Crippen LogP contribution in [-0.4, -0.2) is 43.2 Å². The number of ether oxygens (including phenoxy) is 1. The van der Waals surface area contributed by atoms with Crippen LogP contribution in [0.2, 0.25) is 5.02 Å². The van der Waals surface area contributed by atoms with Crippen molar-refractivity contribution in [2.24, 2.45) is 0 Å². The van der Waals surface area contributed by atoms with Gasteiger partial charge in [-0.3, -0.25) is 9.88 Å². The number of rotatable bonds is 3. The van der Waals surface area contributed by atoms with Gasteiger partial charge in [-0.25, -0.2) is 0 Å². The van der Waals surface area contributed by atoms with E-state index >= 15 is 0 Å². The first kappa shape index (κ1) is 11.6. The van der Waals surface area contributed by atoms with Crippen LogP contribution < -0.4 is 10.1 Å². The quantitative estimate of drug-likeness (QED) is 0.862. The molecule has 0 aromatic carbocycles. The summed E-state index contributed by atoms with van der Waals surface area (Å²) in [6, 6.07) is 1.81. The Morgan fingerprint density at radius 3 is 2.94 bits per heavy atom. The number of methoxy groups -OCH3 is 1. The fourth-order valence-corrected chi connectivity index (χ4v) is 1.97. The second-order valence-corrected chi connectivity index (χ2v) is 4.27. The molecule has 1 aromatic heterocycles. The van der Waals surface area contributed by atoms with Crippen molar-refractivity contribution in [3.05, 3.63) is 23.0 Å². The van der Waals surface area contributed by atoms with Crippen LogP contribution in [-0.2, 0) is 6.54 Å². The average Bonchev–Trinajstić information content (AvgIpc) is 2.33. The van der Waals surface area contributed by atoms with Crippen LogP contribution in [0.4, 0.5) is 0 Å². The number of pyridine rings is 1. The third-order valence-electron chi connectivity index (χ3n) is 2.70. The fraction of sp³-hybridized carbons (Fsp3) is 0.545. The molecular weight excluding hydrogens is 226 g/mol. The van der Waals surface area contributed by atoms with Crippen LogP contribution >= 0.6 is 11.6 Å². The van der Waals surface area contributed by atoms with Crippen LogP contribution in [0, 0.1) is 0 Å². The van der Waals surface area contributed by atoms with Crippen LogP contribution in [0.5, 0.6) is 5.75 Å². The monoisotopic (exact) mass is 241 g/mol. The maximum Gasteiger partial charge on any atom is 0.143 e. The van der Waals surface area contributed by atoms with Gasteiger partial charge in [-0.15, -0.1) is 0 Å². The van der Waals surface area contributed by atoms with E-state index in [-0.39, 0.29) is 0 Å². The number of halogens is 1. The summed E-state index contributed by atoms with van der Waals surface area (Å²) in [6.45, 7) is 4.99. The third-order valence-corrected chi connectivity index (χ3v) is 2.91. The molecular formula is C11H16ClN3O. The summed E-state index contributed by atoms with van der Waals surface area (Å²) in [5.74, 6) is 0.769. The number of aromatic nitrogens is 1. The standard InChI is InChI=1S/C11H16ClN3O/c1-16-11-6-9(12)7-14-10(11)8-15-4-2-13-3-5-15/h6-7,13H,2-5,8H2,1H3. The lowest BCUT2D eigenvalue weighted by Crippen LogP contribution is -2.43. The number of nitrogens with one attached hydrogen (secondary N) is 1. The van der Waals surface area contributed by atoms with Gasteiger partial charge in [-0.2, -0.15) is 0 Å². The molecule has 0 spiro atoms. The van der Waals surface area contributed by atoms with Gasteiger partial charge >= 0.3 is 0 Å². The van der Waals surface area contributed by atoms with Crippen LogP contribution in [0.3, 0.4) is 0 Å². The Morgan fingerprint density at radius 1 is 1.50 bits per heavy atom. The lowest BCUT2D eigenvalue weighted by atomic mass is 10.2. The summed E-state index contributed by atoms with van der Waals surface area (Å²) in [5.41, 5.74) is 0.953. The van der Waals surface area contributed by atoms with Gasteiger partial charge in [0.15, 0.2) is 0 Å². The summed E-state index contributed by atoms with van der Waals surface area (Å²) in [4.78, 5) is 6.68. The van der Waals surface area contributed by atoms with Crippen LogP contribution in [0.25, 0.3) is 0 Å². The van der Waals surface area contributed by atoms with Crippen molar-refractivity contribution >= 4 is 11.6 Å². The van der Waals surface area contributed by atoms with Gasteiger partial charge in [0, 0.05) is 45.0 Å². The summed E-state index contributed by atoms with van der Waals surface area (Å²) in [6.07, 6.45) is 1.67. The Bertz CT molecular complexity index is 353. The minimum absolute atomic E-state index is 0.612. The summed E-state index contributed by atoms with van der Waals surface area (Å²) in [7, 11) is 1.65. The van der Waals surface area contributed by atoms with E-state index in [9.17, 15) is 0 Å². The molecule has 1 aliphatic heterocycles. The predicted octanol–water partition coefficient (Wildman–Crippen LogP) is 1.15. The van der Waals surface area contributed by atoms with Crippen molar-refractivity contribution in [1.29, 1.82) is 0 Å². The highest BCUT2D eigenvalue weighted by Gasteiger charge is 2.13. The van der Waals surface area contributed by atoms with E-state index in [1.165, 1.54) is 0 Å². The Hall–Kier alpha value is -0.840. The molecule has 0 atom stereocenters. The van der Waals surface area contributed by atoms with Gasteiger partial charge < -0.3 is 10.1 Å². The molecule has 16 heavy (non-hydrogen) atoms. The van der Waals surface area contributed by atoms with Crippen molar-refractivity contribution in [3.63, 3.8) is 0 Å². The summed E-state index contributed by atoms with van der Waals surface area (Å²) >= 11 is 5.87. The SMILES string of the molecule is COc1cc(Cl)cnc1CN1CCNCC1. The zero-order valence-corrected chi connectivity index (χ0v) is 10.1. The lowest BCUT2D eigenvalue weighted by Gasteiger charge is -2.27. The second-order valence-electron chi connectivity index (χ2n) is 3.83. The van der Waals surface area contributed by atoms with E-state index < -0.39 is 0 Å². The number of nitrogens with zero attached hydrogens (tertiary/aromatic N) is 2. The molecule has 0 bridgehead atoms. The Kier molecular flexibility index (Phi) is 3.98. The van der Waals surface area contributed by atoms with Gasteiger partial charge in [-0.05, 0) is 0 Å². The van der Waals surface area contributed by atoms with Crippen LogP contribution in [0.1, 0.15) is 5.69 Å². The van der Waals surface area contributed by atoms with Gasteiger partial charge in [0.1, 0.15) is 5.75 Å². The summed E-state index contributed by atoms with van der Waals surface area (Å²) < 4.78 is 5.28. The zero-order chi connectivity index (χ0) is 11.4. The first-order valence-corrected chi connectivity index (χ1v) is 5.79. The molecule has 1 saturated heterocycles. The molecule has 0 unspecified atom stereocenters. The molecule has 0 amide bonds. The zero-order valence-electron chi connectivity index (χ0n) is 9.37. The number of hydrogen-bond donors (Lipinski definition) is 1.